The highest BCUT2D eigenvalue weighted by Crippen LogP contribution is 2.32. The number of amides is 10. The van der Waals surface area contributed by atoms with E-state index in [1.807, 2.05) is 0 Å². The van der Waals surface area contributed by atoms with E-state index < -0.39 is 144 Å². The van der Waals surface area contributed by atoms with Gasteiger partial charge in [0.05, 0.1) is 23.8 Å². The molecule has 78 heavy (non-hydrogen) atoms. The number of nitrogens with one attached hydrogen (secondary N) is 5. The average molecular weight is 1130 g/mol. The molecule has 26 nitrogen and oxygen atoms in total. The summed E-state index contributed by atoms with van der Waals surface area (Å²) in [7, 11) is 0. The van der Waals surface area contributed by atoms with E-state index in [1.54, 1.807) is 58.0 Å². The standard InChI is InChI=1S/C50H72N12O14S2/c1-5-29(4)43(59-44(68)31(51)25-30-12-7-6-8-13-30)48(72)55-32(17-18-39(52)63)45(69)57-34(26-40(53)64)46(70)56-33(19-22-77-23-20-42(66)67)49(73)60-21-11-15-37(60)47(71)58-35(24-28(2)3)50(74)61(27-41(54)65)78-38-16-10-9-14-36(38)62(75)76/h6-10,12-14,16,28-29,31-35,37,43H,5,11,15,17-27,51H2,1-4H3,(H2,52,63)(H2,53,64)(H2,54,65)(H,55,72)(H,56,70)(H,57,69)(H,58,71)(H,59,68)(H,66,67)/t29-,31+,32-,33-,34-,35-,37-,43-/m0/s1. The summed E-state index contributed by atoms with van der Waals surface area (Å²) in [6, 6.07) is 4.66. The molecular weight excluding hydrogens is 1060 g/mol. The molecule has 1 aliphatic heterocycles. The number of nitrogens with zero attached hydrogens (tertiary/aromatic N) is 3. The number of carboxylic acids is 1. The van der Waals surface area contributed by atoms with Gasteiger partial charge < -0.3 is 59.5 Å². The maximum Gasteiger partial charge on any atom is 0.304 e. The Hall–Kier alpha value is -7.33. The molecule has 1 saturated heterocycles. The van der Waals surface area contributed by atoms with Crippen molar-refractivity contribution in [3.63, 3.8) is 0 Å². The molecule has 0 radical (unpaired) electrons. The number of carbonyl (C=O) groups excluding carboxylic acids is 10. The highest BCUT2D eigenvalue weighted by atomic mass is 32.2. The van der Waals surface area contributed by atoms with Crippen molar-refractivity contribution in [3.05, 3.63) is 70.3 Å². The summed E-state index contributed by atoms with van der Waals surface area (Å²) in [5.41, 5.74) is 23.1. The monoisotopic (exact) mass is 1130 g/mol. The van der Waals surface area contributed by atoms with Gasteiger partial charge in [0.25, 0.3) is 11.6 Å². The SMILES string of the molecule is CC[C@H](C)[C@H](NC(=O)[C@H](N)Cc1ccccc1)C(=O)N[C@@H](CCC(N)=O)C(=O)N[C@@H](CC(N)=O)C(=O)N[C@@H](CCSCCC(=O)O)C(=O)N1CCC[C@H]1C(=O)N[C@@H](CC(C)C)C(=O)N(CC(N)=O)Sc1ccccc1[N+](=O)[O-]. The molecule has 10 amide bonds. The van der Waals surface area contributed by atoms with Crippen LogP contribution in [0.2, 0.25) is 0 Å². The fourth-order valence-electron chi connectivity index (χ4n) is 8.15. The molecule has 2 aromatic rings. The molecule has 428 valence electrons. The van der Waals surface area contributed by atoms with Crippen molar-refractivity contribution in [1.29, 1.82) is 0 Å². The molecule has 3 rings (SSSR count). The smallest absolute Gasteiger partial charge is 0.304 e. The van der Waals surface area contributed by atoms with Gasteiger partial charge >= 0.3 is 5.97 Å². The molecule has 1 heterocycles. The number of para-hydroxylation sites is 1. The molecule has 28 heteroatoms. The quantitative estimate of drug-likeness (QED) is 0.0187. The zero-order chi connectivity index (χ0) is 58.2. The Bertz CT molecular complexity index is 2470. The van der Waals surface area contributed by atoms with E-state index in [-0.39, 0.29) is 73.1 Å². The first-order valence-corrected chi connectivity index (χ1v) is 27.2. The number of nitro groups is 1. The van der Waals surface area contributed by atoms with Crippen LogP contribution in [0.3, 0.4) is 0 Å². The lowest BCUT2D eigenvalue weighted by molar-refractivity contribution is -0.387. The van der Waals surface area contributed by atoms with E-state index in [4.69, 9.17) is 22.9 Å². The lowest BCUT2D eigenvalue weighted by Crippen LogP contribution is -2.61. The summed E-state index contributed by atoms with van der Waals surface area (Å²) in [6.45, 7) is 6.25. The van der Waals surface area contributed by atoms with E-state index in [0.29, 0.717) is 18.4 Å². The van der Waals surface area contributed by atoms with Gasteiger partial charge in [-0.3, -0.25) is 67.2 Å². The topological polar surface area (TPSA) is 422 Å². The molecule has 0 bridgehead atoms. The van der Waals surface area contributed by atoms with Crippen LogP contribution >= 0.6 is 23.7 Å². The minimum Gasteiger partial charge on any atom is -0.481 e. The Morgan fingerprint density at radius 3 is 1.99 bits per heavy atom. The highest BCUT2D eigenvalue weighted by Gasteiger charge is 2.41. The molecule has 1 aliphatic rings. The zero-order valence-corrected chi connectivity index (χ0v) is 45.6. The van der Waals surface area contributed by atoms with Gasteiger partial charge in [0.15, 0.2) is 0 Å². The van der Waals surface area contributed by atoms with Gasteiger partial charge in [-0.25, -0.2) is 0 Å². The van der Waals surface area contributed by atoms with E-state index in [2.05, 4.69) is 26.6 Å². The lowest BCUT2D eigenvalue weighted by Gasteiger charge is -2.32. The Labute approximate surface area is 460 Å². The number of hydrogen-bond acceptors (Lipinski definition) is 16. The molecule has 8 atom stereocenters. The number of carbonyl (C=O) groups is 11. The third kappa shape index (κ3) is 21.6. The normalized spacial score (nSPS) is 15.7. The highest BCUT2D eigenvalue weighted by molar-refractivity contribution is 7.99. The second-order valence-corrected chi connectivity index (χ2v) is 21.4. The van der Waals surface area contributed by atoms with Gasteiger partial charge in [0.2, 0.25) is 53.2 Å². The van der Waals surface area contributed by atoms with Crippen LogP contribution in [0.25, 0.3) is 0 Å². The number of aliphatic carboxylic acids is 1. The first-order chi connectivity index (χ1) is 36.8. The number of nitrogens with two attached hydrogens (primary N) is 4. The third-order valence-electron chi connectivity index (χ3n) is 12.4. The second kappa shape index (κ2) is 32.4. The second-order valence-electron chi connectivity index (χ2n) is 19.1. The molecule has 2 aromatic carbocycles. The molecule has 1 fully saturated rings. The van der Waals surface area contributed by atoms with Crippen LogP contribution in [0.1, 0.15) is 91.0 Å². The van der Waals surface area contributed by atoms with Crippen molar-refractivity contribution in [2.75, 3.05) is 24.6 Å². The Morgan fingerprint density at radius 1 is 0.756 bits per heavy atom. The number of hydrogen-bond donors (Lipinski definition) is 10. The van der Waals surface area contributed by atoms with Gasteiger partial charge in [-0.2, -0.15) is 11.8 Å². The van der Waals surface area contributed by atoms with Crippen molar-refractivity contribution in [2.45, 2.75) is 139 Å². The van der Waals surface area contributed by atoms with E-state index >= 15 is 0 Å². The molecular formula is C50H72N12O14S2. The maximum atomic E-state index is 14.6. The van der Waals surface area contributed by atoms with Crippen LogP contribution in [0.5, 0.6) is 0 Å². The Morgan fingerprint density at radius 2 is 1.38 bits per heavy atom. The summed E-state index contributed by atoms with van der Waals surface area (Å²) in [5, 5.41) is 33.8. The van der Waals surface area contributed by atoms with Crippen molar-refractivity contribution in [2.24, 2.45) is 34.8 Å². The Kier molecular flexibility index (Phi) is 27.0. The average Bonchev–Trinajstić information content (AvgIpc) is 3.87. The molecule has 0 unspecified atom stereocenters. The minimum atomic E-state index is -1.81. The number of thioether (sulfide) groups is 1. The van der Waals surface area contributed by atoms with Crippen LogP contribution < -0.4 is 49.5 Å². The predicted octanol–water partition coefficient (Wildman–Crippen LogP) is -0.268. The summed E-state index contributed by atoms with van der Waals surface area (Å²) >= 11 is 1.72. The first kappa shape index (κ1) is 65.0. The third-order valence-corrected chi connectivity index (χ3v) is 14.5. The number of rotatable bonds is 34. The van der Waals surface area contributed by atoms with Crippen LogP contribution in [0.4, 0.5) is 5.69 Å². The summed E-state index contributed by atoms with van der Waals surface area (Å²) < 4.78 is 0.910. The van der Waals surface area contributed by atoms with Gasteiger partial charge in [-0.1, -0.05) is 76.6 Å². The van der Waals surface area contributed by atoms with Crippen molar-refractivity contribution in [3.8, 4) is 0 Å². The molecule has 0 aromatic heterocycles. The number of benzene rings is 2. The number of likely N-dealkylation sites (tertiary alicyclic amines) is 1. The van der Waals surface area contributed by atoms with Gasteiger partial charge in [-0.05, 0) is 79.7 Å². The molecule has 0 aliphatic carbocycles. The van der Waals surface area contributed by atoms with Crippen molar-refractivity contribution in [1.82, 2.24) is 35.8 Å². The zero-order valence-electron chi connectivity index (χ0n) is 44.0. The lowest BCUT2D eigenvalue weighted by atomic mass is 9.96. The van der Waals surface area contributed by atoms with Crippen LogP contribution in [-0.2, 0) is 59.2 Å². The largest absolute Gasteiger partial charge is 0.481 e. The first-order valence-electron chi connectivity index (χ1n) is 25.3. The summed E-state index contributed by atoms with van der Waals surface area (Å²) in [6.07, 6.45) is -1.16. The van der Waals surface area contributed by atoms with Gasteiger partial charge in [-0.15, -0.1) is 0 Å². The fourth-order valence-corrected chi connectivity index (χ4v) is 10.1. The Balaban J connectivity index is 1.91. The van der Waals surface area contributed by atoms with E-state index in [1.165, 1.54) is 29.2 Å². The number of carboxylic acid groups (broad SMARTS) is 1. The molecule has 14 N–H and O–H groups in total. The van der Waals surface area contributed by atoms with Crippen LogP contribution in [0.15, 0.2) is 59.5 Å². The van der Waals surface area contributed by atoms with Crippen LogP contribution in [-0.4, -0.2) is 151 Å². The summed E-state index contributed by atoms with van der Waals surface area (Å²) in [4.78, 5) is 159. The number of nitro benzene ring substituents is 1. The van der Waals surface area contributed by atoms with E-state index in [9.17, 15) is 68.0 Å². The fraction of sp³-hybridized carbons (Fsp3) is 0.540. The van der Waals surface area contributed by atoms with Crippen LogP contribution in [0, 0.1) is 22.0 Å². The minimum absolute atomic E-state index is 0.00880. The van der Waals surface area contributed by atoms with Gasteiger partial charge in [0.1, 0.15) is 47.7 Å². The van der Waals surface area contributed by atoms with Crippen molar-refractivity contribution >= 4 is 94.4 Å². The summed E-state index contributed by atoms with van der Waals surface area (Å²) in [5.74, 6) is -10.6. The van der Waals surface area contributed by atoms with E-state index in [0.717, 1.165) is 21.6 Å². The van der Waals surface area contributed by atoms with Crippen molar-refractivity contribution < 1.29 is 62.8 Å². The maximum absolute atomic E-state index is 14.6. The molecule has 0 saturated carbocycles. The van der Waals surface area contributed by atoms with Gasteiger partial charge in [0, 0.05) is 24.8 Å². The molecule has 0 spiro atoms. The predicted molar refractivity (Wildman–Crippen MR) is 288 cm³/mol. The number of primary amides is 3.